The third-order valence-corrected chi connectivity index (χ3v) is 1.12. The van der Waals surface area contributed by atoms with E-state index in [9.17, 15) is 0 Å². The van der Waals surface area contributed by atoms with Gasteiger partial charge in [0.05, 0.1) is 0 Å². The second-order valence-electron chi connectivity index (χ2n) is 1.62. The summed E-state index contributed by atoms with van der Waals surface area (Å²) >= 11 is 3.85. The van der Waals surface area contributed by atoms with Crippen molar-refractivity contribution >= 4 is 12.8 Å². The van der Waals surface area contributed by atoms with Crippen LogP contribution in [-0.4, -0.2) is 6.54 Å². The van der Waals surface area contributed by atoms with Crippen molar-refractivity contribution in [2.75, 3.05) is 6.54 Å². The quantitative estimate of drug-likeness (QED) is 0.337. The van der Waals surface area contributed by atoms with Crippen molar-refractivity contribution in [1.29, 1.82) is 0 Å². The molecule has 0 amide bonds. The molecule has 0 saturated heterocycles. The molecule has 0 aromatic heterocycles. The minimum atomic E-state index is 0.994. The molecule has 0 bridgehead atoms. The molecule has 0 aromatic carbocycles. The van der Waals surface area contributed by atoms with E-state index in [0.717, 1.165) is 13.0 Å². The zero-order valence-corrected chi connectivity index (χ0v) is 6.12. The van der Waals surface area contributed by atoms with E-state index in [2.05, 4.69) is 29.7 Å². The monoisotopic (exact) mass is 131 g/mol. The van der Waals surface area contributed by atoms with Crippen molar-refractivity contribution in [1.82, 2.24) is 4.72 Å². The van der Waals surface area contributed by atoms with Gasteiger partial charge in [-0.25, -0.2) is 0 Å². The lowest BCUT2D eigenvalue weighted by molar-refractivity contribution is 0.818. The van der Waals surface area contributed by atoms with Gasteiger partial charge in [0.1, 0.15) is 0 Å². The van der Waals surface area contributed by atoms with Crippen LogP contribution in [0.25, 0.3) is 0 Å². The molecule has 0 radical (unpaired) electrons. The van der Waals surface area contributed by atoms with E-state index in [4.69, 9.17) is 0 Å². The van der Waals surface area contributed by atoms with Crippen molar-refractivity contribution in [2.45, 2.75) is 19.8 Å². The highest BCUT2D eigenvalue weighted by Gasteiger charge is 1.77. The van der Waals surface area contributed by atoms with Crippen LogP contribution in [0, 0.1) is 0 Å². The number of unbranched alkanes of at least 4 members (excludes halogenated alkanes) is 1. The fourth-order valence-corrected chi connectivity index (χ4v) is 0.624. The molecule has 0 rings (SSSR count). The van der Waals surface area contributed by atoms with E-state index in [0.29, 0.717) is 0 Å². The summed E-state index contributed by atoms with van der Waals surface area (Å²) in [4.78, 5) is 0. The summed E-state index contributed by atoms with van der Waals surface area (Å²) in [6, 6.07) is 0. The maximum absolute atomic E-state index is 3.85. The molecule has 8 heavy (non-hydrogen) atoms. The van der Waals surface area contributed by atoms with Crippen LogP contribution in [0.1, 0.15) is 19.8 Å². The van der Waals surface area contributed by atoms with Gasteiger partial charge in [0.2, 0.25) is 0 Å². The molecule has 0 aliphatic heterocycles. The maximum Gasteiger partial charge on any atom is 0.00591 e. The Morgan fingerprint density at radius 3 is 2.88 bits per heavy atom. The molecule has 0 heterocycles. The molecule has 2 heteroatoms. The first-order valence-corrected chi connectivity index (χ1v) is 3.34. The van der Waals surface area contributed by atoms with Gasteiger partial charge in [-0.15, -0.1) is 0 Å². The minimum absolute atomic E-state index is 0.994. The normalized spacial score (nSPS) is 10.8. The molecular formula is C6H13NS. The van der Waals surface area contributed by atoms with Crippen LogP contribution >= 0.6 is 12.8 Å². The average molecular weight is 131 g/mol. The van der Waals surface area contributed by atoms with Gasteiger partial charge in [-0.05, 0) is 19.8 Å². The molecule has 0 aromatic rings. The lowest BCUT2D eigenvalue weighted by atomic mass is 10.3. The molecule has 0 aliphatic carbocycles. The Labute approximate surface area is 56.7 Å². The maximum atomic E-state index is 3.85. The molecule has 0 unspecified atom stereocenters. The summed E-state index contributed by atoms with van der Waals surface area (Å²) in [5.74, 6) is 0. The molecule has 0 saturated carbocycles. The molecule has 0 aliphatic rings. The van der Waals surface area contributed by atoms with Crippen molar-refractivity contribution in [3.05, 3.63) is 12.2 Å². The fourth-order valence-electron chi connectivity index (χ4n) is 0.466. The topological polar surface area (TPSA) is 12.0 Å². The van der Waals surface area contributed by atoms with Crippen molar-refractivity contribution < 1.29 is 0 Å². The zero-order chi connectivity index (χ0) is 6.24. The highest BCUT2D eigenvalue weighted by Crippen LogP contribution is 1.87. The second-order valence-corrected chi connectivity index (χ2v) is 1.94. The Morgan fingerprint density at radius 1 is 1.62 bits per heavy atom. The van der Waals surface area contributed by atoms with E-state index in [1.54, 1.807) is 0 Å². The number of hydrogen-bond acceptors (Lipinski definition) is 2. The summed E-state index contributed by atoms with van der Waals surface area (Å²) < 4.78 is 2.79. The Morgan fingerprint density at radius 2 is 2.38 bits per heavy atom. The Balaban J connectivity index is 2.72. The predicted molar refractivity (Wildman–Crippen MR) is 41.0 cm³/mol. The van der Waals surface area contributed by atoms with Gasteiger partial charge >= 0.3 is 0 Å². The summed E-state index contributed by atoms with van der Waals surface area (Å²) in [6.45, 7) is 3.03. The van der Waals surface area contributed by atoms with Gasteiger partial charge in [0.15, 0.2) is 0 Å². The molecule has 0 fully saturated rings. The second kappa shape index (κ2) is 7.05. The fraction of sp³-hybridized carbons (Fsp3) is 0.667. The number of nitrogens with one attached hydrogen (secondary N) is 1. The Kier molecular flexibility index (Phi) is 7.09. The van der Waals surface area contributed by atoms with Gasteiger partial charge in [0.25, 0.3) is 0 Å². The standard InChI is InChI=1S/C6H13NS/c1-2-3-4-5-6-7-8/h2-3,7-8H,4-6H2,1H3/b3-2-. The highest BCUT2D eigenvalue weighted by atomic mass is 32.1. The molecular weight excluding hydrogens is 118 g/mol. The molecule has 1 N–H and O–H groups in total. The van der Waals surface area contributed by atoms with Crippen molar-refractivity contribution in [3.8, 4) is 0 Å². The number of rotatable bonds is 4. The van der Waals surface area contributed by atoms with Crippen LogP contribution in [0.4, 0.5) is 0 Å². The van der Waals surface area contributed by atoms with Gasteiger partial charge in [-0.2, -0.15) is 0 Å². The molecule has 0 spiro atoms. The van der Waals surface area contributed by atoms with Crippen LogP contribution < -0.4 is 4.72 Å². The molecule has 1 nitrogen and oxygen atoms in total. The van der Waals surface area contributed by atoms with Crippen LogP contribution in [0.3, 0.4) is 0 Å². The first kappa shape index (κ1) is 8.05. The summed E-state index contributed by atoms with van der Waals surface area (Å²) in [5, 5.41) is 0. The Bertz CT molecular complexity index is 61.5. The van der Waals surface area contributed by atoms with Crippen molar-refractivity contribution in [3.63, 3.8) is 0 Å². The summed E-state index contributed by atoms with van der Waals surface area (Å²) in [7, 11) is 0. The number of thiol groups is 1. The van der Waals surface area contributed by atoms with Crippen molar-refractivity contribution in [2.24, 2.45) is 0 Å². The van der Waals surface area contributed by atoms with Crippen LogP contribution in [0.2, 0.25) is 0 Å². The summed E-state index contributed by atoms with van der Waals surface area (Å²) in [6.07, 6.45) is 6.56. The van der Waals surface area contributed by atoms with Crippen LogP contribution in [0.5, 0.6) is 0 Å². The van der Waals surface area contributed by atoms with E-state index in [-0.39, 0.29) is 0 Å². The van der Waals surface area contributed by atoms with E-state index >= 15 is 0 Å². The smallest absolute Gasteiger partial charge is 0.00591 e. The van der Waals surface area contributed by atoms with Crippen LogP contribution in [-0.2, 0) is 0 Å². The lowest BCUT2D eigenvalue weighted by Crippen LogP contribution is -1.99. The highest BCUT2D eigenvalue weighted by molar-refractivity contribution is 7.78. The predicted octanol–water partition coefficient (Wildman–Crippen LogP) is 1.78. The van der Waals surface area contributed by atoms with E-state index in [1.165, 1.54) is 6.42 Å². The third kappa shape index (κ3) is 6.05. The van der Waals surface area contributed by atoms with Gasteiger partial charge in [-0.1, -0.05) is 25.0 Å². The van der Waals surface area contributed by atoms with E-state index < -0.39 is 0 Å². The average Bonchev–Trinajstić information content (AvgIpc) is 1.81. The minimum Gasteiger partial charge on any atom is -0.267 e. The molecule has 48 valence electrons. The lowest BCUT2D eigenvalue weighted by Gasteiger charge is -1.90. The number of allylic oxidation sites excluding steroid dienone is 2. The van der Waals surface area contributed by atoms with Crippen LogP contribution in [0.15, 0.2) is 12.2 Å². The van der Waals surface area contributed by atoms with E-state index in [1.807, 2.05) is 6.92 Å². The summed E-state index contributed by atoms with van der Waals surface area (Å²) in [5.41, 5.74) is 0. The van der Waals surface area contributed by atoms with Gasteiger partial charge in [-0.3, -0.25) is 4.72 Å². The third-order valence-electron chi connectivity index (χ3n) is 0.895. The largest absolute Gasteiger partial charge is 0.267 e. The van der Waals surface area contributed by atoms with Gasteiger partial charge in [0, 0.05) is 6.54 Å². The number of hydrogen-bond donors (Lipinski definition) is 2. The first-order chi connectivity index (χ1) is 3.91. The zero-order valence-electron chi connectivity index (χ0n) is 5.22. The molecule has 0 atom stereocenters. The Hall–Kier alpha value is 0.0500. The first-order valence-electron chi connectivity index (χ1n) is 2.90. The SMILES string of the molecule is C/C=C\CCCNS. The van der Waals surface area contributed by atoms with Gasteiger partial charge < -0.3 is 0 Å².